The van der Waals surface area contributed by atoms with Gasteiger partial charge in [-0.3, -0.25) is 9.59 Å². The minimum absolute atomic E-state index is 0.146. The van der Waals surface area contributed by atoms with Gasteiger partial charge in [-0.05, 0) is 42.9 Å². The number of thioether (sulfide) groups is 1. The van der Waals surface area contributed by atoms with Gasteiger partial charge in [-0.1, -0.05) is 25.3 Å². The van der Waals surface area contributed by atoms with E-state index >= 15 is 0 Å². The second-order valence-corrected chi connectivity index (χ2v) is 8.85. The van der Waals surface area contributed by atoms with E-state index in [9.17, 15) is 9.59 Å². The van der Waals surface area contributed by atoms with Crippen molar-refractivity contribution in [3.05, 3.63) is 33.7 Å². The molecule has 4 rings (SSSR count). The van der Waals surface area contributed by atoms with Crippen LogP contribution in [0.15, 0.2) is 16.9 Å². The molecule has 1 saturated carbocycles. The largest absolute Gasteiger partial charge is 0.341 e. The fraction of sp³-hybridized carbons (Fsp3) is 0.700. The van der Waals surface area contributed by atoms with E-state index in [2.05, 4.69) is 15.5 Å². The number of pyridine rings is 1. The van der Waals surface area contributed by atoms with Gasteiger partial charge in [0.1, 0.15) is 0 Å². The van der Waals surface area contributed by atoms with E-state index in [4.69, 9.17) is 0 Å². The number of fused-ring (bicyclic) bond motifs is 4. The summed E-state index contributed by atoms with van der Waals surface area (Å²) in [5.41, 5.74) is 2.81. The molecule has 3 heterocycles. The fourth-order valence-corrected chi connectivity index (χ4v) is 5.65. The molecule has 1 aliphatic carbocycles. The van der Waals surface area contributed by atoms with Crippen LogP contribution in [0.4, 0.5) is 0 Å². The summed E-state index contributed by atoms with van der Waals surface area (Å²) in [6.45, 7) is 2.39. The lowest BCUT2D eigenvalue weighted by Crippen LogP contribution is -2.50. The van der Waals surface area contributed by atoms with Crippen molar-refractivity contribution in [2.45, 2.75) is 56.9 Å². The summed E-state index contributed by atoms with van der Waals surface area (Å²) in [4.78, 5) is 27.0. The molecule has 0 spiro atoms. The highest BCUT2D eigenvalue weighted by molar-refractivity contribution is 7.99. The van der Waals surface area contributed by atoms with Crippen LogP contribution >= 0.6 is 11.8 Å². The molecular weight excluding hydrogens is 332 g/mol. The number of piperidine rings is 1. The Labute approximate surface area is 154 Å². The summed E-state index contributed by atoms with van der Waals surface area (Å²) in [7, 11) is 0. The lowest BCUT2D eigenvalue weighted by molar-refractivity contribution is -0.131. The highest BCUT2D eigenvalue weighted by atomic mass is 32.2. The summed E-state index contributed by atoms with van der Waals surface area (Å²) >= 11 is 1.60. The van der Waals surface area contributed by atoms with Crippen LogP contribution in [-0.2, 0) is 11.3 Å². The quantitative estimate of drug-likeness (QED) is 0.831. The molecule has 3 aliphatic rings. The molecule has 25 heavy (non-hydrogen) atoms. The Bertz CT molecular complexity index is 708. The highest BCUT2D eigenvalue weighted by Crippen LogP contribution is 2.42. The Balaban J connectivity index is 1.69. The number of carbonyl (C=O) groups is 1. The van der Waals surface area contributed by atoms with E-state index in [0.717, 1.165) is 26.1 Å². The Morgan fingerprint density at radius 3 is 2.68 bits per heavy atom. The molecule has 2 atom stereocenters. The lowest BCUT2D eigenvalue weighted by Gasteiger charge is -2.44. The first-order valence-electron chi connectivity index (χ1n) is 9.67. The standard InChI is InChI=1S/C20H28N2O2S/c1-25-13-19(24)21-10-14-9-16(12-21)20-17(15-5-3-2-4-6-15)7-8-18(23)22(20)11-14/h7-8,14-16H,2-6,9-13H2,1H3. The monoisotopic (exact) mass is 360 g/mol. The third-order valence-electron chi connectivity index (χ3n) is 6.29. The van der Waals surface area contributed by atoms with Gasteiger partial charge in [0.05, 0.1) is 5.75 Å². The minimum Gasteiger partial charge on any atom is -0.341 e. The molecule has 136 valence electrons. The maximum absolute atomic E-state index is 12.5. The van der Waals surface area contributed by atoms with Crippen molar-refractivity contribution in [1.29, 1.82) is 0 Å². The van der Waals surface area contributed by atoms with Crippen LogP contribution in [0.5, 0.6) is 0 Å². The normalized spacial score (nSPS) is 26.4. The molecule has 0 radical (unpaired) electrons. The molecule has 2 fully saturated rings. The van der Waals surface area contributed by atoms with Gasteiger partial charge >= 0.3 is 0 Å². The van der Waals surface area contributed by atoms with Gasteiger partial charge in [-0.2, -0.15) is 11.8 Å². The molecule has 1 saturated heterocycles. The van der Waals surface area contributed by atoms with Crippen molar-refractivity contribution < 1.29 is 4.79 Å². The Morgan fingerprint density at radius 2 is 1.92 bits per heavy atom. The Morgan fingerprint density at radius 1 is 1.12 bits per heavy atom. The zero-order valence-corrected chi connectivity index (χ0v) is 15.9. The number of likely N-dealkylation sites (tertiary alicyclic amines) is 1. The third-order valence-corrected chi connectivity index (χ3v) is 6.82. The van der Waals surface area contributed by atoms with Crippen LogP contribution in [-0.4, -0.2) is 40.5 Å². The van der Waals surface area contributed by atoms with Crippen LogP contribution in [0.1, 0.15) is 61.6 Å². The van der Waals surface area contributed by atoms with Gasteiger partial charge in [-0.25, -0.2) is 0 Å². The number of amides is 1. The van der Waals surface area contributed by atoms with Crippen molar-refractivity contribution in [3.8, 4) is 0 Å². The number of carbonyl (C=O) groups excluding carboxylic acids is 1. The van der Waals surface area contributed by atoms with E-state index in [1.807, 2.05) is 6.26 Å². The molecule has 2 aliphatic heterocycles. The Hall–Kier alpha value is -1.23. The first kappa shape index (κ1) is 17.2. The van der Waals surface area contributed by atoms with Crippen LogP contribution in [0, 0.1) is 5.92 Å². The van der Waals surface area contributed by atoms with Crippen LogP contribution in [0.2, 0.25) is 0 Å². The first-order valence-corrected chi connectivity index (χ1v) is 11.1. The van der Waals surface area contributed by atoms with Crippen LogP contribution < -0.4 is 5.56 Å². The second-order valence-electron chi connectivity index (χ2n) is 7.99. The van der Waals surface area contributed by atoms with Crippen molar-refractivity contribution in [3.63, 3.8) is 0 Å². The summed E-state index contributed by atoms with van der Waals surface area (Å²) in [6.07, 6.45) is 9.55. The first-order chi connectivity index (χ1) is 12.2. The molecular formula is C20H28N2O2S. The van der Waals surface area contributed by atoms with Gasteiger partial charge in [0, 0.05) is 37.3 Å². The Kier molecular flexibility index (Phi) is 4.94. The lowest BCUT2D eigenvalue weighted by atomic mass is 9.76. The number of aromatic nitrogens is 1. The van der Waals surface area contributed by atoms with Crippen molar-refractivity contribution in [2.75, 3.05) is 25.1 Å². The smallest absolute Gasteiger partial charge is 0.250 e. The summed E-state index contributed by atoms with van der Waals surface area (Å²) < 4.78 is 2.05. The predicted octanol–water partition coefficient (Wildman–Crippen LogP) is 3.20. The molecule has 0 aromatic carbocycles. The van der Waals surface area contributed by atoms with E-state index in [1.54, 1.807) is 17.8 Å². The molecule has 2 unspecified atom stereocenters. The zero-order chi connectivity index (χ0) is 17.4. The SMILES string of the molecule is CSCC(=O)N1CC2CC(C1)c1c(C3CCCCC3)ccc(=O)n1C2. The van der Waals surface area contributed by atoms with Crippen LogP contribution in [0.25, 0.3) is 0 Å². The second kappa shape index (κ2) is 7.18. The third kappa shape index (κ3) is 3.27. The van der Waals surface area contributed by atoms with Crippen molar-refractivity contribution in [2.24, 2.45) is 5.92 Å². The maximum atomic E-state index is 12.5. The summed E-state index contributed by atoms with van der Waals surface area (Å²) in [6, 6.07) is 3.89. The van der Waals surface area contributed by atoms with Crippen LogP contribution in [0.3, 0.4) is 0 Å². The predicted molar refractivity (Wildman–Crippen MR) is 102 cm³/mol. The van der Waals surface area contributed by atoms with Gasteiger partial charge in [0.15, 0.2) is 0 Å². The molecule has 0 N–H and O–H groups in total. The number of hydrogen-bond donors (Lipinski definition) is 0. The van der Waals surface area contributed by atoms with Gasteiger partial charge in [-0.15, -0.1) is 0 Å². The molecule has 1 aromatic heterocycles. The molecule has 1 aromatic rings. The minimum atomic E-state index is 0.146. The highest BCUT2D eigenvalue weighted by Gasteiger charge is 2.38. The summed E-state index contributed by atoms with van der Waals surface area (Å²) in [5, 5.41) is 0. The molecule has 1 amide bonds. The molecule has 5 heteroatoms. The average molecular weight is 361 g/mol. The fourth-order valence-electron chi connectivity index (χ4n) is 5.22. The van der Waals surface area contributed by atoms with Gasteiger partial charge in [0.25, 0.3) is 5.56 Å². The molecule has 2 bridgehead atoms. The number of nitrogens with zero attached hydrogens (tertiary/aromatic N) is 2. The van der Waals surface area contributed by atoms with E-state index < -0.39 is 0 Å². The number of rotatable bonds is 3. The maximum Gasteiger partial charge on any atom is 0.250 e. The van der Waals surface area contributed by atoms with E-state index in [0.29, 0.717) is 23.5 Å². The molecule has 4 nitrogen and oxygen atoms in total. The van der Waals surface area contributed by atoms with Crippen molar-refractivity contribution in [1.82, 2.24) is 9.47 Å². The number of hydrogen-bond acceptors (Lipinski definition) is 3. The zero-order valence-electron chi connectivity index (χ0n) is 15.1. The van der Waals surface area contributed by atoms with Gasteiger partial charge in [0.2, 0.25) is 5.91 Å². The van der Waals surface area contributed by atoms with Gasteiger partial charge < -0.3 is 9.47 Å². The topological polar surface area (TPSA) is 42.3 Å². The average Bonchev–Trinajstić information content (AvgIpc) is 2.63. The summed E-state index contributed by atoms with van der Waals surface area (Å²) in [5.74, 6) is 2.19. The van der Waals surface area contributed by atoms with E-state index in [1.165, 1.54) is 43.4 Å². The van der Waals surface area contributed by atoms with E-state index in [-0.39, 0.29) is 11.5 Å². The van der Waals surface area contributed by atoms with Crippen molar-refractivity contribution >= 4 is 17.7 Å².